The number of hydrogen-bond donors (Lipinski definition) is 1. The van der Waals surface area contributed by atoms with Crippen molar-refractivity contribution >= 4 is 12.1 Å². The molecule has 17 heavy (non-hydrogen) atoms. The highest BCUT2D eigenvalue weighted by molar-refractivity contribution is 5.80. The molecule has 0 aromatic heterocycles. The van der Waals surface area contributed by atoms with Gasteiger partial charge in [-0.1, -0.05) is 27.2 Å². The molecule has 5 nitrogen and oxygen atoms in total. The number of carboxylic acids is 1. The van der Waals surface area contributed by atoms with Crippen LogP contribution >= 0.6 is 0 Å². The van der Waals surface area contributed by atoms with E-state index in [9.17, 15) is 14.7 Å². The third-order valence-corrected chi connectivity index (χ3v) is 2.74. The Labute approximate surface area is 103 Å². The Morgan fingerprint density at radius 1 is 1.29 bits per heavy atom. The molecule has 0 fully saturated rings. The Hall–Kier alpha value is -1.26. The zero-order chi connectivity index (χ0) is 13.4. The molecule has 0 aliphatic heterocycles. The van der Waals surface area contributed by atoms with Crippen molar-refractivity contribution in [3.63, 3.8) is 0 Å². The average molecular weight is 245 g/mol. The van der Waals surface area contributed by atoms with E-state index in [0.29, 0.717) is 19.4 Å². The molecule has 0 spiro atoms. The molecule has 0 aliphatic rings. The molecule has 100 valence electrons. The van der Waals surface area contributed by atoms with Crippen LogP contribution in [0.3, 0.4) is 0 Å². The van der Waals surface area contributed by atoms with Gasteiger partial charge in [0.1, 0.15) is 6.04 Å². The number of rotatable bonds is 7. The van der Waals surface area contributed by atoms with Crippen LogP contribution in [0.2, 0.25) is 0 Å². The Balaban J connectivity index is 4.94. The molecule has 5 heteroatoms. The summed E-state index contributed by atoms with van der Waals surface area (Å²) in [5, 5.41) is 9.24. The van der Waals surface area contributed by atoms with E-state index in [1.54, 1.807) is 6.92 Å². The molecule has 1 amide bonds. The van der Waals surface area contributed by atoms with Crippen LogP contribution in [0.25, 0.3) is 0 Å². The van der Waals surface area contributed by atoms with Gasteiger partial charge in [0.25, 0.3) is 0 Å². The second kappa shape index (κ2) is 7.92. The standard InChI is InChI=1S/C12H23NO4/c1-5-8-13(12(16)17-7-3)10(11(14)15)9(4)6-2/h9-10H,5-8H2,1-4H3,(H,14,15). The van der Waals surface area contributed by atoms with Gasteiger partial charge in [0, 0.05) is 6.54 Å². The molecule has 0 aromatic carbocycles. The van der Waals surface area contributed by atoms with Crippen molar-refractivity contribution in [3.8, 4) is 0 Å². The first-order valence-electron chi connectivity index (χ1n) is 6.15. The summed E-state index contributed by atoms with van der Waals surface area (Å²) in [5.74, 6) is -1.07. The van der Waals surface area contributed by atoms with E-state index >= 15 is 0 Å². The summed E-state index contributed by atoms with van der Waals surface area (Å²) in [7, 11) is 0. The first-order valence-corrected chi connectivity index (χ1v) is 6.15. The van der Waals surface area contributed by atoms with E-state index < -0.39 is 18.1 Å². The van der Waals surface area contributed by atoms with Gasteiger partial charge in [-0.15, -0.1) is 0 Å². The fourth-order valence-electron chi connectivity index (χ4n) is 1.70. The molecule has 0 saturated heterocycles. The molecule has 2 unspecified atom stereocenters. The SMILES string of the molecule is CCCN(C(=O)OCC)C(C(=O)O)C(C)CC. The minimum atomic E-state index is -0.971. The van der Waals surface area contributed by atoms with Gasteiger partial charge in [-0.25, -0.2) is 9.59 Å². The number of nitrogens with zero attached hydrogens (tertiary/aromatic N) is 1. The van der Waals surface area contributed by atoms with Gasteiger partial charge in [-0.3, -0.25) is 4.90 Å². The van der Waals surface area contributed by atoms with Crippen molar-refractivity contribution in [1.29, 1.82) is 0 Å². The molecule has 0 rings (SSSR count). The minimum Gasteiger partial charge on any atom is -0.480 e. The lowest BCUT2D eigenvalue weighted by atomic mass is 9.98. The second-order valence-corrected chi connectivity index (χ2v) is 4.06. The van der Waals surface area contributed by atoms with E-state index in [1.807, 2.05) is 20.8 Å². The summed E-state index contributed by atoms with van der Waals surface area (Å²) in [4.78, 5) is 24.3. The summed E-state index contributed by atoms with van der Waals surface area (Å²) in [5.41, 5.74) is 0. The molecule has 2 atom stereocenters. The van der Waals surface area contributed by atoms with E-state index in [-0.39, 0.29) is 12.5 Å². The summed E-state index contributed by atoms with van der Waals surface area (Å²) in [6.07, 6.45) is 0.873. The fraction of sp³-hybridized carbons (Fsp3) is 0.833. The van der Waals surface area contributed by atoms with E-state index in [2.05, 4.69) is 0 Å². The molecule has 0 bridgehead atoms. The van der Waals surface area contributed by atoms with E-state index in [0.717, 1.165) is 0 Å². The van der Waals surface area contributed by atoms with Gasteiger partial charge in [0.05, 0.1) is 6.61 Å². The Morgan fingerprint density at radius 3 is 2.24 bits per heavy atom. The van der Waals surface area contributed by atoms with Gasteiger partial charge in [-0.2, -0.15) is 0 Å². The number of carbonyl (C=O) groups is 2. The normalized spacial score (nSPS) is 13.9. The molecule has 1 N–H and O–H groups in total. The monoisotopic (exact) mass is 245 g/mol. The van der Waals surface area contributed by atoms with Gasteiger partial charge in [-0.05, 0) is 19.3 Å². The molecular weight excluding hydrogens is 222 g/mol. The second-order valence-electron chi connectivity index (χ2n) is 4.06. The van der Waals surface area contributed by atoms with E-state index in [1.165, 1.54) is 4.90 Å². The Bertz CT molecular complexity index is 255. The smallest absolute Gasteiger partial charge is 0.410 e. The third kappa shape index (κ3) is 4.63. The van der Waals surface area contributed by atoms with Gasteiger partial charge < -0.3 is 9.84 Å². The predicted octanol–water partition coefficient (Wildman–Crippen LogP) is 2.35. The largest absolute Gasteiger partial charge is 0.480 e. The van der Waals surface area contributed by atoms with Crippen LogP contribution in [-0.4, -0.2) is 41.3 Å². The first kappa shape index (κ1) is 15.7. The topological polar surface area (TPSA) is 66.8 Å². The Kier molecular flexibility index (Phi) is 7.34. The lowest BCUT2D eigenvalue weighted by Gasteiger charge is -2.31. The highest BCUT2D eigenvalue weighted by Gasteiger charge is 2.33. The van der Waals surface area contributed by atoms with Gasteiger partial charge in [0.15, 0.2) is 0 Å². The zero-order valence-electron chi connectivity index (χ0n) is 11.1. The van der Waals surface area contributed by atoms with Crippen molar-refractivity contribution in [3.05, 3.63) is 0 Å². The highest BCUT2D eigenvalue weighted by Crippen LogP contribution is 2.17. The lowest BCUT2D eigenvalue weighted by Crippen LogP contribution is -2.49. The Morgan fingerprint density at radius 2 is 1.88 bits per heavy atom. The zero-order valence-corrected chi connectivity index (χ0v) is 11.1. The average Bonchev–Trinajstić information content (AvgIpc) is 2.27. The fourth-order valence-corrected chi connectivity index (χ4v) is 1.70. The maximum atomic E-state index is 11.7. The first-order chi connectivity index (χ1) is 7.99. The van der Waals surface area contributed by atoms with Crippen LogP contribution in [0, 0.1) is 5.92 Å². The van der Waals surface area contributed by atoms with Crippen LogP contribution in [0.1, 0.15) is 40.5 Å². The number of carbonyl (C=O) groups excluding carboxylic acids is 1. The lowest BCUT2D eigenvalue weighted by molar-refractivity contribution is -0.144. The van der Waals surface area contributed by atoms with Crippen LogP contribution in [0.15, 0.2) is 0 Å². The summed E-state index contributed by atoms with van der Waals surface area (Å²) in [6.45, 7) is 8.02. The maximum absolute atomic E-state index is 11.7. The molecular formula is C12H23NO4. The van der Waals surface area contributed by atoms with Crippen LogP contribution < -0.4 is 0 Å². The van der Waals surface area contributed by atoms with Crippen molar-refractivity contribution < 1.29 is 19.4 Å². The number of hydrogen-bond acceptors (Lipinski definition) is 3. The van der Waals surface area contributed by atoms with Crippen LogP contribution in [-0.2, 0) is 9.53 Å². The molecule has 0 saturated carbocycles. The number of amides is 1. The van der Waals surface area contributed by atoms with Crippen molar-refractivity contribution in [2.75, 3.05) is 13.2 Å². The molecule has 0 heterocycles. The van der Waals surface area contributed by atoms with Crippen molar-refractivity contribution in [2.45, 2.75) is 46.6 Å². The number of aliphatic carboxylic acids is 1. The number of ether oxygens (including phenoxy) is 1. The van der Waals surface area contributed by atoms with Crippen molar-refractivity contribution in [1.82, 2.24) is 4.90 Å². The highest BCUT2D eigenvalue weighted by atomic mass is 16.6. The van der Waals surface area contributed by atoms with E-state index in [4.69, 9.17) is 4.74 Å². The third-order valence-electron chi connectivity index (χ3n) is 2.74. The van der Waals surface area contributed by atoms with Gasteiger partial charge in [0.2, 0.25) is 0 Å². The molecule has 0 aliphatic carbocycles. The number of carboxylic acid groups (broad SMARTS) is 1. The summed E-state index contributed by atoms with van der Waals surface area (Å²) in [6, 6.07) is -0.806. The predicted molar refractivity (Wildman–Crippen MR) is 64.9 cm³/mol. The maximum Gasteiger partial charge on any atom is 0.410 e. The quantitative estimate of drug-likeness (QED) is 0.747. The molecule has 0 aromatic rings. The molecule has 0 radical (unpaired) electrons. The minimum absolute atomic E-state index is 0.0940. The van der Waals surface area contributed by atoms with Crippen LogP contribution in [0.4, 0.5) is 4.79 Å². The van der Waals surface area contributed by atoms with Crippen LogP contribution in [0.5, 0.6) is 0 Å². The van der Waals surface area contributed by atoms with Gasteiger partial charge >= 0.3 is 12.1 Å². The van der Waals surface area contributed by atoms with Crippen molar-refractivity contribution in [2.24, 2.45) is 5.92 Å². The summed E-state index contributed by atoms with van der Waals surface area (Å²) < 4.78 is 4.91. The summed E-state index contributed by atoms with van der Waals surface area (Å²) >= 11 is 0.